The number of nitrogens with zero attached hydrogens (tertiary/aromatic N) is 3. The molecule has 7 heteroatoms. The molecule has 3 rings (SSSR count). The molecular formula is C17H22N4O3. The van der Waals surface area contributed by atoms with E-state index in [1.165, 1.54) is 0 Å². The Morgan fingerprint density at radius 1 is 1.08 bits per heavy atom. The standard InChI is InChI=1S/C17H22N4O3/c1-3-23-14-9-12-13(10-15(14)24-4-2)19-17(20-16(12)18)21-7-5-11(22)6-8-21/h9-10H,3-8H2,1-2H3,(H2,18,19,20). The van der Waals surface area contributed by atoms with Crippen molar-refractivity contribution in [2.75, 3.05) is 36.9 Å². The maximum atomic E-state index is 11.4. The molecule has 24 heavy (non-hydrogen) atoms. The number of carbonyl (C=O) groups excluding carboxylic acids is 1. The highest BCUT2D eigenvalue weighted by Gasteiger charge is 2.20. The molecule has 0 amide bonds. The highest BCUT2D eigenvalue weighted by Crippen LogP contribution is 2.34. The zero-order valence-corrected chi connectivity index (χ0v) is 14.0. The number of piperidine rings is 1. The van der Waals surface area contributed by atoms with E-state index in [4.69, 9.17) is 15.2 Å². The molecule has 1 fully saturated rings. The summed E-state index contributed by atoms with van der Waals surface area (Å²) in [4.78, 5) is 22.4. The van der Waals surface area contributed by atoms with E-state index in [2.05, 4.69) is 9.97 Å². The first kappa shape index (κ1) is 16.3. The third-order valence-electron chi connectivity index (χ3n) is 3.98. The highest BCUT2D eigenvalue weighted by atomic mass is 16.5. The molecule has 7 nitrogen and oxygen atoms in total. The lowest BCUT2D eigenvalue weighted by Gasteiger charge is -2.26. The number of rotatable bonds is 5. The van der Waals surface area contributed by atoms with E-state index >= 15 is 0 Å². The summed E-state index contributed by atoms with van der Waals surface area (Å²) < 4.78 is 11.3. The van der Waals surface area contributed by atoms with Crippen LogP contribution in [0.5, 0.6) is 11.5 Å². The molecule has 1 aromatic heterocycles. The molecule has 0 unspecified atom stereocenters. The summed E-state index contributed by atoms with van der Waals surface area (Å²) in [5, 5.41) is 0.735. The van der Waals surface area contributed by atoms with E-state index in [1.54, 1.807) is 0 Å². The van der Waals surface area contributed by atoms with Crippen LogP contribution < -0.4 is 20.1 Å². The van der Waals surface area contributed by atoms with Crippen molar-refractivity contribution in [1.29, 1.82) is 0 Å². The van der Waals surface area contributed by atoms with Gasteiger partial charge in [-0.15, -0.1) is 0 Å². The second-order valence-electron chi connectivity index (χ2n) is 5.62. The van der Waals surface area contributed by atoms with E-state index in [9.17, 15) is 4.79 Å². The summed E-state index contributed by atoms with van der Waals surface area (Å²) >= 11 is 0. The third-order valence-corrected chi connectivity index (χ3v) is 3.98. The van der Waals surface area contributed by atoms with Gasteiger partial charge in [0.1, 0.15) is 11.6 Å². The van der Waals surface area contributed by atoms with Gasteiger partial charge >= 0.3 is 0 Å². The molecule has 2 N–H and O–H groups in total. The SMILES string of the molecule is CCOc1cc2nc(N3CCC(=O)CC3)nc(N)c2cc1OCC. The zero-order chi connectivity index (χ0) is 17.1. The predicted octanol–water partition coefficient (Wildman–Crippen LogP) is 2.18. The van der Waals surface area contributed by atoms with E-state index in [0.717, 1.165) is 5.39 Å². The third kappa shape index (κ3) is 3.20. The molecular weight excluding hydrogens is 308 g/mol. The van der Waals surface area contributed by atoms with Crippen molar-refractivity contribution in [2.24, 2.45) is 0 Å². The minimum atomic E-state index is 0.278. The summed E-state index contributed by atoms with van der Waals surface area (Å²) in [6.07, 6.45) is 1.05. The van der Waals surface area contributed by atoms with Gasteiger partial charge in [0, 0.05) is 37.4 Å². The Balaban J connectivity index is 2.02. The lowest BCUT2D eigenvalue weighted by atomic mass is 10.1. The number of ketones is 1. The first-order valence-electron chi connectivity index (χ1n) is 8.25. The average molecular weight is 330 g/mol. The Morgan fingerprint density at radius 2 is 1.71 bits per heavy atom. The fourth-order valence-corrected chi connectivity index (χ4v) is 2.78. The van der Waals surface area contributed by atoms with Crippen LogP contribution in [0.4, 0.5) is 11.8 Å². The summed E-state index contributed by atoms with van der Waals surface area (Å²) in [7, 11) is 0. The maximum Gasteiger partial charge on any atom is 0.227 e. The lowest BCUT2D eigenvalue weighted by molar-refractivity contribution is -0.119. The van der Waals surface area contributed by atoms with Gasteiger partial charge in [-0.25, -0.2) is 4.98 Å². The minimum absolute atomic E-state index is 0.278. The van der Waals surface area contributed by atoms with Gasteiger partial charge < -0.3 is 20.1 Å². The van der Waals surface area contributed by atoms with Crippen LogP contribution in [0.1, 0.15) is 26.7 Å². The first-order chi connectivity index (χ1) is 11.6. The first-order valence-corrected chi connectivity index (χ1v) is 8.25. The number of anilines is 2. The Bertz CT molecular complexity index is 753. The van der Waals surface area contributed by atoms with Gasteiger partial charge in [0.25, 0.3) is 0 Å². The second-order valence-corrected chi connectivity index (χ2v) is 5.62. The molecule has 0 radical (unpaired) electrons. The number of fused-ring (bicyclic) bond motifs is 1. The molecule has 0 atom stereocenters. The van der Waals surface area contributed by atoms with Crippen LogP contribution in [0.3, 0.4) is 0 Å². The molecule has 0 saturated carbocycles. The normalized spacial score (nSPS) is 14.9. The summed E-state index contributed by atoms with van der Waals surface area (Å²) in [6.45, 7) is 6.16. The van der Waals surface area contributed by atoms with Crippen LogP contribution in [0.2, 0.25) is 0 Å². The van der Waals surface area contributed by atoms with Crippen LogP contribution in [-0.4, -0.2) is 42.1 Å². The fraction of sp³-hybridized carbons (Fsp3) is 0.471. The van der Waals surface area contributed by atoms with Crippen LogP contribution in [0.25, 0.3) is 10.9 Å². The summed E-state index contributed by atoms with van der Waals surface area (Å²) in [5.74, 6) is 2.51. The molecule has 1 aliphatic rings. The maximum absolute atomic E-state index is 11.4. The number of hydrogen-bond donors (Lipinski definition) is 1. The fourth-order valence-electron chi connectivity index (χ4n) is 2.78. The number of benzene rings is 1. The van der Waals surface area contributed by atoms with Crippen molar-refractivity contribution < 1.29 is 14.3 Å². The van der Waals surface area contributed by atoms with Crippen molar-refractivity contribution >= 4 is 28.5 Å². The van der Waals surface area contributed by atoms with E-state index in [0.29, 0.717) is 67.9 Å². The summed E-state index contributed by atoms with van der Waals surface area (Å²) in [6, 6.07) is 3.66. The Morgan fingerprint density at radius 3 is 2.33 bits per heavy atom. The molecule has 128 valence electrons. The number of carbonyl (C=O) groups is 1. The Hall–Kier alpha value is -2.57. The van der Waals surface area contributed by atoms with Gasteiger partial charge in [-0.3, -0.25) is 4.79 Å². The van der Waals surface area contributed by atoms with Crippen molar-refractivity contribution in [1.82, 2.24) is 9.97 Å². The van der Waals surface area contributed by atoms with Crippen molar-refractivity contribution in [3.63, 3.8) is 0 Å². The van der Waals surface area contributed by atoms with Gasteiger partial charge in [-0.2, -0.15) is 4.98 Å². The van der Waals surface area contributed by atoms with Crippen molar-refractivity contribution in [3.8, 4) is 11.5 Å². The number of aromatic nitrogens is 2. The average Bonchev–Trinajstić information content (AvgIpc) is 2.57. The quantitative estimate of drug-likeness (QED) is 0.898. The number of nitrogen functional groups attached to an aromatic ring is 1. The van der Waals surface area contributed by atoms with Crippen molar-refractivity contribution in [2.45, 2.75) is 26.7 Å². The van der Waals surface area contributed by atoms with Crippen LogP contribution in [0, 0.1) is 0 Å². The molecule has 2 aromatic rings. The van der Waals surface area contributed by atoms with Gasteiger partial charge in [0.15, 0.2) is 11.5 Å². The number of hydrogen-bond acceptors (Lipinski definition) is 7. The largest absolute Gasteiger partial charge is 0.490 e. The van der Waals surface area contributed by atoms with Crippen LogP contribution in [0.15, 0.2) is 12.1 Å². The minimum Gasteiger partial charge on any atom is -0.490 e. The molecule has 0 spiro atoms. The Labute approximate surface area is 140 Å². The van der Waals surface area contributed by atoms with Gasteiger partial charge in [0.05, 0.1) is 18.7 Å². The van der Waals surface area contributed by atoms with E-state index < -0.39 is 0 Å². The van der Waals surface area contributed by atoms with E-state index in [1.807, 2.05) is 30.9 Å². The Kier molecular flexibility index (Phi) is 4.69. The predicted molar refractivity (Wildman–Crippen MR) is 92.7 cm³/mol. The van der Waals surface area contributed by atoms with Gasteiger partial charge in [-0.1, -0.05) is 0 Å². The van der Waals surface area contributed by atoms with Gasteiger partial charge in [0.2, 0.25) is 5.95 Å². The molecule has 1 aliphatic heterocycles. The van der Waals surface area contributed by atoms with Crippen LogP contribution in [-0.2, 0) is 4.79 Å². The summed E-state index contributed by atoms with van der Waals surface area (Å²) in [5.41, 5.74) is 6.85. The molecule has 1 aromatic carbocycles. The topological polar surface area (TPSA) is 90.6 Å². The number of Topliss-reactive ketones (excluding diaryl/α,β-unsaturated/α-hetero) is 1. The molecule has 0 aliphatic carbocycles. The van der Waals surface area contributed by atoms with Gasteiger partial charge in [-0.05, 0) is 19.9 Å². The molecule has 2 heterocycles. The molecule has 0 bridgehead atoms. The smallest absolute Gasteiger partial charge is 0.227 e. The molecule has 1 saturated heterocycles. The number of nitrogens with two attached hydrogens (primary N) is 1. The van der Waals surface area contributed by atoms with E-state index in [-0.39, 0.29) is 5.78 Å². The van der Waals surface area contributed by atoms with Crippen LogP contribution >= 0.6 is 0 Å². The highest BCUT2D eigenvalue weighted by molar-refractivity contribution is 5.92. The zero-order valence-electron chi connectivity index (χ0n) is 14.0. The monoisotopic (exact) mass is 330 g/mol. The second kappa shape index (κ2) is 6.90. The van der Waals surface area contributed by atoms with Crippen molar-refractivity contribution in [3.05, 3.63) is 12.1 Å². The lowest BCUT2D eigenvalue weighted by Crippen LogP contribution is -2.35. The number of ether oxygens (including phenoxy) is 2.